The summed E-state index contributed by atoms with van der Waals surface area (Å²) >= 11 is 1.57. The van der Waals surface area contributed by atoms with E-state index in [0.29, 0.717) is 6.54 Å². The maximum atomic E-state index is 12.1. The van der Waals surface area contributed by atoms with Gasteiger partial charge in [-0.15, -0.1) is 11.3 Å². The van der Waals surface area contributed by atoms with E-state index < -0.39 is 0 Å². The predicted octanol–water partition coefficient (Wildman–Crippen LogP) is 1.15. The van der Waals surface area contributed by atoms with Gasteiger partial charge in [0, 0.05) is 18.1 Å². The average Bonchev–Trinajstić information content (AvgIpc) is 2.97. The first-order valence-corrected chi connectivity index (χ1v) is 6.52. The molecule has 0 bridgehead atoms. The first kappa shape index (κ1) is 11.5. The molecular formula is C11H17N3OS. The van der Waals surface area contributed by atoms with Gasteiger partial charge in [0.05, 0.1) is 12.0 Å². The van der Waals surface area contributed by atoms with Crippen LogP contribution in [0.5, 0.6) is 0 Å². The molecule has 1 atom stereocenters. The van der Waals surface area contributed by atoms with E-state index in [2.05, 4.69) is 22.5 Å². The zero-order valence-electron chi connectivity index (χ0n) is 9.45. The Balaban J connectivity index is 1.91. The third-order valence-electron chi connectivity index (χ3n) is 3.29. The summed E-state index contributed by atoms with van der Waals surface area (Å²) in [4.78, 5) is 16.3. The van der Waals surface area contributed by atoms with Crippen molar-refractivity contribution in [1.29, 1.82) is 0 Å². The summed E-state index contributed by atoms with van der Waals surface area (Å²) in [5, 5.41) is 9.14. The van der Waals surface area contributed by atoms with E-state index in [1.54, 1.807) is 17.5 Å². The van der Waals surface area contributed by atoms with Gasteiger partial charge in [0.2, 0.25) is 5.91 Å². The fourth-order valence-electron chi connectivity index (χ4n) is 2.08. The lowest BCUT2D eigenvalue weighted by Crippen LogP contribution is -2.41. The van der Waals surface area contributed by atoms with Gasteiger partial charge >= 0.3 is 0 Å². The van der Waals surface area contributed by atoms with Gasteiger partial charge in [0.25, 0.3) is 0 Å². The van der Waals surface area contributed by atoms with E-state index in [4.69, 9.17) is 0 Å². The number of carbonyl (C=O) groups excluding carboxylic acids is 1. The van der Waals surface area contributed by atoms with Crippen LogP contribution in [-0.4, -0.2) is 24.0 Å². The molecule has 2 rings (SSSR count). The number of aromatic nitrogens is 1. The largest absolute Gasteiger partial charge is 0.349 e. The zero-order valence-corrected chi connectivity index (χ0v) is 10.3. The van der Waals surface area contributed by atoms with Crippen LogP contribution >= 0.6 is 11.3 Å². The molecule has 2 heterocycles. The summed E-state index contributed by atoms with van der Waals surface area (Å²) in [6, 6.07) is 0. The molecule has 5 heteroatoms. The van der Waals surface area contributed by atoms with Crippen LogP contribution in [0.2, 0.25) is 0 Å². The molecule has 16 heavy (non-hydrogen) atoms. The summed E-state index contributed by atoms with van der Waals surface area (Å²) in [6.07, 6.45) is 3.59. The first-order valence-electron chi connectivity index (χ1n) is 5.64. The smallest absolute Gasteiger partial charge is 0.227 e. The second-order valence-electron chi connectivity index (χ2n) is 4.17. The molecule has 2 N–H and O–H groups in total. The summed E-state index contributed by atoms with van der Waals surface area (Å²) in [7, 11) is 0. The SMILES string of the molecule is CCC1(C(=O)NCc2nccs2)CCNC1. The van der Waals surface area contributed by atoms with Crippen LogP contribution in [0, 0.1) is 5.41 Å². The molecule has 0 aromatic carbocycles. The van der Waals surface area contributed by atoms with Gasteiger partial charge in [-0.1, -0.05) is 6.92 Å². The number of thiazole rings is 1. The molecular weight excluding hydrogens is 222 g/mol. The average molecular weight is 239 g/mol. The molecule has 1 aliphatic rings. The van der Waals surface area contributed by atoms with Crippen LogP contribution < -0.4 is 10.6 Å². The van der Waals surface area contributed by atoms with Crippen LogP contribution in [0.4, 0.5) is 0 Å². The fraction of sp³-hybridized carbons (Fsp3) is 0.636. The van der Waals surface area contributed by atoms with Gasteiger partial charge in [0.15, 0.2) is 0 Å². The summed E-state index contributed by atoms with van der Waals surface area (Å²) in [5.74, 6) is 0.162. The summed E-state index contributed by atoms with van der Waals surface area (Å²) in [5.41, 5.74) is -0.197. The Labute approximate surface area is 99.5 Å². The van der Waals surface area contributed by atoms with Crippen molar-refractivity contribution in [2.75, 3.05) is 13.1 Å². The third-order valence-corrected chi connectivity index (χ3v) is 4.07. The van der Waals surface area contributed by atoms with E-state index in [9.17, 15) is 4.79 Å². The van der Waals surface area contributed by atoms with Crippen LogP contribution in [0.15, 0.2) is 11.6 Å². The van der Waals surface area contributed by atoms with Crippen molar-refractivity contribution < 1.29 is 4.79 Å². The highest BCUT2D eigenvalue weighted by Crippen LogP contribution is 2.29. The number of nitrogens with one attached hydrogen (secondary N) is 2. The number of hydrogen-bond acceptors (Lipinski definition) is 4. The van der Waals surface area contributed by atoms with Crippen LogP contribution in [0.3, 0.4) is 0 Å². The Bertz CT molecular complexity index is 344. The third kappa shape index (κ3) is 2.25. The number of carbonyl (C=O) groups is 1. The highest BCUT2D eigenvalue weighted by molar-refractivity contribution is 7.09. The van der Waals surface area contributed by atoms with E-state index in [1.807, 2.05) is 5.38 Å². The molecule has 1 aromatic heterocycles. The fourth-order valence-corrected chi connectivity index (χ4v) is 2.64. The van der Waals surface area contributed by atoms with Gasteiger partial charge in [-0.05, 0) is 19.4 Å². The summed E-state index contributed by atoms with van der Waals surface area (Å²) < 4.78 is 0. The molecule has 0 radical (unpaired) electrons. The highest BCUT2D eigenvalue weighted by atomic mass is 32.1. The van der Waals surface area contributed by atoms with Crippen molar-refractivity contribution in [1.82, 2.24) is 15.6 Å². The van der Waals surface area contributed by atoms with Crippen LogP contribution in [-0.2, 0) is 11.3 Å². The van der Waals surface area contributed by atoms with Crippen molar-refractivity contribution >= 4 is 17.2 Å². The Kier molecular flexibility index (Phi) is 3.56. The van der Waals surface area contributed by atoms with Crippen molar-refractivity contribution in [3.63, 3.8) is 0 Å². The molecule has 1 aliphatic heterocycles. The first-order chi connectivity index (χ1) is 7.77. The lowest BCUT2D eigenvalue weighted by atomic mass is 9.83. The molecule has 1 aromatic rings. The predicted molar refractivity (Wildman–Crippen MR) is 64.2 cm³/mol. The van der Waals surface area contributed by atoms with Crippen molar-refractivity contribution in [2.45, 2.75) is 26.3 Å². The van der Waals surface area contributed by atoms with E-state index in [-0.39, 0.29) is 11.3 Å². The van der Waals surface area contributed by atoms with Crippen LogP contribution in [0.25, 0.3) is 0 Å². The molecule has 88 valence electrons. The Morgan fingerprint density at radius 3 is 3.19 bits per heavy atom. The standard InChI is InChI=1S/C11H17N3OS/c1-2-11(3-4-12-8-11)10(15)14-7-9-13-5-6-16-9/h5-6,12H,2-4,7-8H2,1H3,(H,14,15). The number of nitrogens with zero attached hydrogens (tertiary/aromatic N) is 1. The molecule has 1 fully saturated rings. The lowest BCUT2D eigenvalue weighted by Gasteiger charge is -2.24. The van der Waals surface area contributed by atoms with Gasteiger partial charge in [-0.2, -0.15) is 0 Å². The maximum absolute atomic E-state index is 12.1. The normalized spacial score (nSPS) is 24.6. The molecule has 0 saturated carbocycles. The van der Waals surface area contributed by atoms with Crippen molar-refractivity contribution in [2.24, 2.45) is 5.41 Å². The van der Waals surface area contributed by atoms with E-state index >= 15 is 0 Å². The van der Waals surface area contributed by atoms with Crippen molar-refractivity contribution in [3.05, 3.63) is 16.6 Å². The second-order valence-corrected chi connectivity index (χ2v) is 5.15. The minimum atomic E-state index is -0.197. The van der Waals surface area contributed by atoms with Gasteiger partial charge in [-0.25, -0.2) is 4.98 Å². The molecule has 1 amide bonds. The van der Waals surface area contributed by atoms with Crippen molar-refractivity contribution in [3.8, 4) is 0 Å². The molecule has 4 nitrogen and oxygen atoms in total. The number of hydrogen-bond donors (Lipinski definition) is 2. The topological polar surface area (TPSA) is 54.0 Å². The minimum absolute atomic E-state index is 0.162. The van der Waals surface area contributed by atoms with Gasteiger partial charge < -0.3 is 10.6 Å². The zero-order chi connectivity index (χ0) is 11.4. The maximum Gasteiger partial charge on any atom is 0.227 e. The van der Waals surface area contributed by atoms with E-state index in [1.165, 1.54) is 0 Å². The van der Waals surface area contributed by atoms with E-state index in [0.717, 1.165) is 30.9 Å². The Morgan fingerprint density at radius 2 is 2.62 bits per heavy atom. The lowest BCUT2D eigenvalue weighted by molar-refractivity contribution is -0.130. The number of amides is 1. The minimum Gasteiger partial charge on any atom is -0.349 e. The highest BCUT2D eigenvalue weighted by Gasteiger charge is 2.39. The molecule has 1 unspecified atom stereocenters. The molecule has 1 saturated heterocycles. The Hall–Kier alpha value is -0.940. The van der Waals surface area contributed by atoms with Gasteiger partial charge in [0.1, 0.15) is 5.01 Å². The second kappa shape index (κ2) is 4.93. The number of rotatable bonds is 4. The van der Waals surface area contributed by atoms with Crippen LogP contribution in [0.1, 0.15) is 24.8 Å². The summed E-state index contributed by atoms with van der Waals surface area (Å²) in [6.45, 7) is 4.37. The van der Waals surface area contributed by atoms with Gasteiger partial charge in [-0.3, -0.25) is 4.79 Å². The Morgan fingerprint density at radius 1 is 1.75 bits per heavy atom. The quantitative estimate of drug-likeness (QED) is 0.828. The monoisotopic (exact) mass is 239 g/mol. The molecule has 0 aliphatic carbocycles. The molecule has 0 spiro atoms.